The number of H-pyrrole nitrogens is 1. The zero-order chi connectivity index (χ0) is 24.1. The molecule has 1 aliphatic heterocycles. The van der Waals surface area contributed by atoms with Crippen molar-refractivity contribution >= 4 is 34.3 Å². The smallest absolute Gasteiger partial charge is 0.250 e. The molecule has 0 atom stereocenters. The molecule has 1 aromatic carbocycles. The van der Waals surface area contributed by atoms with E-state index in [1.807, 2.05) is 4.90 Å². The zero-order valence-corrected chi connectivity index (χ0v) is 19.0. The van der Waals surface area contributed by atoms with Crippen molar-refractivity contribution < 1.29 is 18.4 Å². The molecule has 34 heavy (non-hydrogen) atoms. The monoisotopic (exact) mass is 495 g/mol. The molecule has 4 N–H and O–H groups in total. The molecule has 4 rings (SSSR count). The number of imidazole rings is 1. The summed E-state index contributed by atoms with van der Waals surface area (Å²) in [5, 5.41) is 19.1. The van der Waals surface area contributed by atoms with Crippen LogP contribution in [-0.2, 0) is 6.42 Å². The van der Waals surface area contributed by atoms with Crippen molar-refractivity contribution in [1.82, 2.24) is 25.2 Å². The van der Waals surface area contributed by atoms with Crippen LogP contribution in [-0.4, -0.2) is 69.5 Å². The summed E-state index contributed by atoms with van der Waals surface area (Å²) >= 11 is 5.83. The van der Waals surface area contributed by atoms with Crippen LogP contribution in [0.4, 0.5) is 18.9 Å². The molecule has 2 aromatic heterocycles. The topological polar surface area (TPSA) is 101 Å². The fourth-order valence-corrected chi connectivity index (χ4v) is 3.98. The Kier molecular flexibility index (Phi) is 7.54. The van der Waals surface area contributed by atoms with Gasteiger partial charge in [0.1, 0.15) is 11.6 Å². The fraction of sp³-hybridized carbons (Fsp3) is 0.409. The summed E-state index contributed by atoms with van der Waals surface area (Å²) in [6.45, 7) is 2.89. The number of likely N-dealkylation sites (tertiary alicyclic amines) is 1. The van der Waals surface area contributed by atoms with Crippen molar-refractivity contribution in [2.24, 2.45) is 5.16 Å². The van der Waals surface area contributed by atoms with E-state index >= 15 is 0 Å². The number of halogens is 4. The molecule has 0 saturated carbocycles. The van der Waals surface area contributed by atoms with Gasteiger partial charge in [0, 0.05) is 69.4 Å². The maximum absolute atomic E-state index is 13.4. The fourth-order valence-electron chi connectivity index (χ4n) is 3.80. The minimum absolute atomic E-state index is 0.0586. The molecule has 0 aliphatic carbocycles. The molecule has 12 heteroatoms. The molecule has 1 fully saturated rings. The van der Waals surface area contributed by atoms with Crippen LogP contribution in [0.25, 0.3) is 11.2 Å². The van der Waals surface area contributed by atoms with Crippen molar-refractivity contribution in [1.29, 1.82) is 0 Å². The first-order valence-corrected chi connectivity index (χ1v) is 11.3. The molecule has 0 spiro atoms. The molecule has 1 saturated heterocycles. The number of fused-ring (bicyclic) bond motifs is 1. The van der Waals surface area contributed by atoms with E-state index < -0.39 is 11.7 Å². The van der Waals surface area contributed by atoms with Crippen LogP contribution in [0.15, 0.2) is 35.6 Å². The molecule has 0 amide bonds. The Morgan fingerprint density at radius 2 is 2.03 bits per heavy atom. The Morgan fingerprint density at radius 3 is 2.76 bits per heavy atom. The van der Waals surface area contributed by atoms with Gasteiger partial charge in [-0.15, -0.1) is 0 Å². The number of aromatic nitrogens is 3. The number of oxime groups is 1. The second-order valence-electron chi connectivity index (χ2n) is 8.14. The molecule has 1 aliphatic rings. The maximum atomic E-state index is 13.4. The summed E-state index contributed by atoms with van der Waals surface area (Å²) in [4.78, 5) is 14.0. The molecule has 0 bridgehead atoms. The molecule has 3 heterocycles. The molecule has 3 aromatic rings. The third-order valence-corrected chi connectivity index (χ3v) is 6.00. The van der Waals surface area contributed by atoms with Crippen LogP contribution in [0.1, 0.15) is 24.2 Å². The number of hydrogen-bond donors (Lipinski definition) is 4. The standard InChI is InChI=1S/C22H25ClF3N7O/c23-16-13-14(1-2-17(16)24)29-20(32-34)15-3-8-28-21-19(15)30-18(31-21)4-7-27-9-12-33-10-5-22(25,26)6-11-33/h1-3,8,13,27,34H,4-7,9-12H2,(H,29,32)(H,28,30,31). The van der Waals surface area contributed by atoms with Crippen molar-refractivity contribution in [2.75, 3.05) is 38.0 Å². The van der Waals surface area contributed by atoms with E-state index in [2.05, 4.69) is 30.7 Å². The van der Waals surface area contributed by atoms with Gasteiger partial charge >= 0.3 is 0 Å². The van der Waals surface area contributed by atoms with Crippen LogP contribution in [0.3, 0.4) is 0 Å². The van der Waals surface area contributed by atoms with Gasteiger partial charge in [-0.3, -0.25) is 0 Å². The highest BCUT2D eigenvalue weighted by Gasteiger charge is 2.33. The van der Waals surface area contributed by atoms with Gasteiger partial charge in [-0.25, -0.2) is 23.1 Å². The van der Waals surface area contributed by atoms with Gasteiger partial charge < -0.3 is 25.7 Å². The number of aromatic amines is 1. The summed E-state index contributed by atoms with van der Waals surface area (Å²) in [7, 11) is 0. The first-order chi connectivity index (χ1) is 16.3. The van der Waals surface area contributed by atoms with E-state index in [9.17, 15) is 18.4 Å². The Balaban J connectivity index is 1.34. The van der Waals surface area contributed by atoms with Gasteiger partial charge in [-0.05, 0) is 24.3 Å². The molecular formula is C22H25ClF3N7O. The molecular weight excluding hydrogens is 471 g/mol. The number of benzene rings is 1. The highest BCUT2D eigenvalue weighted by Crippen LogP contribution is 2.27. The Hall–Kier alpha value is -2.89. The van der Waals surface area contributed by atoms with Crippen molar-refractivity contribution in [3.8, 4) is 0 Å². The first kappa shape index (κ1) is 24.2. The number of nitrogens with zero attached hydrogens (tertiary/aromatic N) is 4. The molecule has 8 nitrogen and oxygen atoms in total. The van der Waals surface area contributed by atoms with Gasteiger partial charge in [-0.1, -0.05) is 16.8 Å². The van der Waals surface area contributed by atoms with Gasteiger partial charge in [0.15, 0.2) is 11.5 Å². The molecule has 0 unspecified atom stereocenters. The van der Waals surface area contributed by atoms with Crippen LogP contribution in [0, 0.1) is 5.82 Å². The number of alkyl halides is 2. The average molecular weight is 496 g/mol. The van der Waals surface area contributed by atoms with Gasteiger partial charge in [0.05, 0.1) is 10.5 Å². The lowest BCUT2D eigenvalue weighted by Crippen LogP contribution is -2.42. The average Bonchev–Trinajstić information content (AvgIpc) is 3.24. The quantitative estimate of drug-likeness (QED) is 0.124. The predicted octanol–water partition coefficient (Wildman–Crippen LogP) is 3.86. The van der Waals surface area contributed by atoms with E-state index in [4.69, 9.17) is 11.6 Å². The largest absolute Gasteiger partial charge is 0.409 e. The van der Waals surface area contributed by atoms with Crippen LogP contribution in [0.5, 0.6) is 0 Å². The van der Waals surface area contributed by atoms with Crippen LogP contribution >= 0.6 is 11.6 Å². The molecule has 0 radical (unpaired) electrons. The highest BCUT2D eigenvalue weighted by molar-refractivity contribution is 6.31. The summed E-state index contributed by atoms with van der Waals surface area (Å²) in [5.41, 5.74) is 2.02. The van der Waals surface area contributed by atoms with Crippen molar-refractivity contribution in [3.63, 3.8) is 0 Å². The Labute approximate surface area is 199 Å². The summed E-state index contributed by atoms with van der Waals surface area (Å²) in [5.74, 6) is -2.26. The minimum Gasteiger partial charge on any atom is -0.409 e. The first-order valence-electron chi connectivity index (χ1n) is 10.9. The molecule has 182 valence electrons. The van der Waals surface area contributed by atoms with Crippen LogP contribution in [0.2, 0.25) is 5.02 Å². The SMILES string of the molecule is O/N=C(\Nc1ccc(F)c(Cl)c1)c1ccnc2nc(CCNCCN3CCC(F)(F)CC3)[nH]c12. The van der Waals surface area contributed by atoms with Crippen molar-refractivity contribution in [2.45, 2.75) is 25.2 Å². The maximum Gasteiger partial charge on any atom is 0.250 e. The second-order valence-corrected chi connectivity index (χ2v) is 8.55. The number of amidine groups is 1. The van der Waals surface area contributed by atoms with Crippen molar-refractivity contribution in [3.05, 3.63) is 52.7 Å². The Bertz CT molecular complexity index is 1160. The van der Waals surface area contributed by atoms with Gasteiger partial charge in [-0.2, -0.15) is 0 Å². The number of rotatable bonds is 8. The zero-order valence-electron chi connectivity index (χ0n) is 18.3. The lowest BCUT2D eigenvalue weighted by Gasteiger charge is -2.31. The normalized spacial score (nSPS) is 16.8. The lowest BCUT2D eigenvalue weighted by atomic mass is 10.1. The Morgan fingerprint density at radius 1 is 1.24 bits per heavy atom. The van der Waals surface area contributed by atoms with E-state index in [1.54, 1.807) is 12.3 Å². The third kappa shape index (κ3) is 5.96. The highest BCUT2D eigenvalue weighted by atomic mass is 35.5. The number of pyridine rings is 1. The lowest BCUT2D eigenvalue weighted by molar-refractivity contribution is -0.0547. The predicted molar refractivity (Wildman–Crippen MR) is 124 cm³/mol. The minimum atomic E-state index is -2.53. The van der Waals surface area contributed by atoms with Gasteiger partial charge in [0.25, 0.3) is 5.92 Å². The van der Waals surface area contributed by atoms with E-state index in [0.717, 1.165) is 6.54 Å². The number of hydrogen-bond acceptors (Lipinski definition) is 6. The van der Waals surface area contributed by atoms with Crippen LogP contribution < -0.4 is 10.6 Å². The van der Waals surface area contributed by atoms with E-state index in [-0.39, 0.29) is 23.7 Å². The van der Waals surface area contributed by atoms with Gasteiger partial charge in [0.2, 0.25) is 0 Å². The summed E-state index contributed by atoms with van der Waals surface area (Å²) in [6, 6.07) is 5.74. The third-order valence-electron chi connectivity index (χ3n) is 5.71. The number of anilines is 1. The second kappa shape index (κ2) is 10.6. The van der Waals surface area contributed by atoms with E-state index in [1.165, 1.54) is 18.2 Å². The number of nitrogens with one attached hydrogen (secondary N) is 3. The summed E-state index contributed by atoms with van der Waals surface area (Å²) in [6.07, 6.45) is 1.99. The number of piperidine rings is 1. The van der Waals surface area contributed by atoms with E-state index in [0.29, 0.717) is 60.8 Å². The summed E-state index contributed by atoms with van der Waals surface area (Å²) < 4.78 is 39.9.